The molecule has 2 aromatic carbocycles. The lowest BCUT2D eigenvalue weighted by Gasteiger charge is -2.10. The zero-order valence-corrected chi connectivity index (χ0v) is 10.9. The summed E-state index contributed by atoms with van der Waals surface area (Å²) in [4.78, 5) is 4.32. The third kappa shape index (κ3) is 2.46. The van der Waals surface area contributed by atoms with Crippen LogP contribution in [-0.2, 0) is 0 Å². The molecule has 0 saturated carbocycles. The molecule has 0 aliphatic carbocycles. The number of fused-ring (bicyclic) bond motifs is 1. The van der Waals surface area contributed by atoms with E-state index < -0.39 is 0 Å². The minimum absolute atomic E-state index is 0.701. The molecule has 4 heteroatoms. The molecule has 3 nitrogen and oxygen atoms in total. The summed E-state index contributed by atoms with van der Waals surface area (Å²) in [7, 11) is 0. The number of halogens is 1. The average molecular weight is 270 g/mol. The zero-order chi connectivity index (χ0) is 13.2. The smallest absolute Gasteiger partial charge is 0.0743 e. The summed E-state index contributed by atoms with van der Waals surface area (Å²) in [6.07, 6.45) is 1.76. The van der Waals surface area contributed by atoms with Crippen molar-refractivity contribution >= 4 is 39.6 Å². The van der Waals surface area contributed by atoms with Crippen molar-refractivity contribution in [1.29, 1.82) is 0 Å². The highest BCUT2D eigenvalue weighted by Crippen LogP contribution is 2.27. The number of hydrogen-bond acceptors (Lipinski definition) is 3. The summed E-state index contributed by atoms with van der Waals surface area (Å²) in [5, 5.41) is 5.07. The molecule has 0 fully saturated rings. The quantitative estimate of drug-likeness (QED) is 0.685. The minimum Gasteiger partial charge on any atom is -0.399 e. The minimum atomic E-state index is 0.701. The van der Waals surface area contributed by atoms with Crippen LogP contribution in [0.4, 0.5) is 17.1 Å². The van der Waals surface area contributed by atoms with Gasteiger partial charge in [-0.1, -0.05) is 17.7 Å². The first-order valence-corrected chi connectivity index (χ1v) is 6.27. The number of nitrogens with two attached hydrogens (primary N) is 1. The van der Waals surface area contributed by atoms with Crippen molar-refractivity contribution in [3.8, 4) is 0 Å². The lowest BCUT2D eigenvalue weighted by molar-refractivity contribution is 1.40. The van der Waals surface area contributed by atoms with Gasteiger partial charge in [-0.25, -0.2) is 0 Å². The molecule has 0 spiro atoms. The molecule has 0 atom stereocenters. The fraction of sp³-hybridized carbons (Fsp3) is 0. The van der Waals surface area contributed by atoms with Crippen molar-refractivity contribution in [3.05, 3.63) is 59.8 Å². The first kappa shape index (κ1) is 11.8. The maximum absolute atomic E-state index is 5.98. The number of benzene rings is 2. The predicted molar refractivity (Wildman–Crippen MR) is 80.9 cm³/mol. The Morgan fingerprint density at radius 2 is 1.95 bits per heavy atom. The summed E-state index contributed by atoms with van der Waals surface area (Å²) >= 11 is 5.98. The number of pyridine rings is 1. The second kappa shape index (κ2) is 4.78. The van der Waals surface area contributed by atoms with Crippen molar-refractivity contribution in [2.75, 3.05) is 11.1 Å². The van der Waals surface area contributed by atoms with E-state index in [-0.39, 0.29) is 0 Å². The Balaban J connectivity index is 2.06. The van der Waals surface area contributed by atoms with E-state index in [9.17, 15) is 0 Å². The summed E-state index contributed by atoms with van der Waals surface area (Å²) < 4.78 is 0. The van der Waals surface area contributed by atoms with Crippen LogP contribution in [0.3, 0.4) is 0 Å². The van der Waals surface area contributed by atoms with Gasteiger partial charge in [0.05, 0.1) is 5.52 Å². The predicted octanol–water partition coefficient (Wildman–Crippen LogP) is 4.21. The first-order valence-electron chi connectivity index (χ1n) is 5.89. The molecule has 19 heavy (non-hydrogen) atoms. The van der Waals surface area contributed by atoms with Crippen LogP contribution in [0, 0.1) is 0 Å². The van der Waals surface area contributed by atoms with E-state index in [0.29, 0.717) is 10.7 Å². The van der Waals surface area contributed by atoms with Gasteiger partial charge in [-0.15, -0.1) is 0 Å². The highest BCUT2D eigenvalue weighted by Gasteiger charge is 2.03. The lowest BCUT2D eigenvalue weighted by Crippen LogP contribution is -1.93. The van der Waals surface area contributed by atoms with Gasteiger partial charge in [0.15, 0.2) is 0 Å². The van der Waals surface area contributed by atoms with E-state index in [0.717, 1.165) is 22.3 Å². The SMILES string of the molecule is Nc1ccc2c(Nc3cccc(Cl)c3)ccnc2c1. The maximum Gasteiger partial charge on any atom is 0.0743 e. The molecule has 0 saturated heterocycles. The standard InChI is InChI=1S/C15H12ClN3/c16-10-2-1-3-12(8-10)19-14-6-7-18-15-9-11(17)4-5-13(14)15/h1-9H,17H2,(H,18,19). The van der Waals surface area contributed by atoms with E-state index in [4.69, 9.17) is 17.3 Å². The number of nitrogen functional groups attached to an aromatic ring is 1. The molecule has 0 amide bonds. The second-order valence-electron chi connectivity index (χ2n) is 4.27. The fourth-order valence-corrected chi connectivity index (χ4v) is 2.19. The van der Waals surface area contributed by atoms with Gasteiger partial charge in [0.2, 0.25) is 0 Å². The van der Waals surface area contributed by atoms with Crippen molar-refractivity contribution < 1.29 is 0 Å². The summed E-state index contributed by atoms with van der Waals surface area (Å²) in [6.45, 7) is 0. The molecule has 3 aromatic rings. The fourth-order valence-electron chi connectivity index (χ4n) is 2.00. The number of hydrogen-bond donors (Lipinski definition) is 2. The number of aromatic nitrogens is 1. The Morgan fingerprint density at radius 3 is 2.79 bits per heavy atom. The van der Waals surface area contributed by atoms with E-state index in [2.05, 4.69) is 10.3 Å². The van der Waals surface area contributed by atoms with Crippen molar-refractivity contribution in [1.82, 2.24) is 4.98 Å². The van der Waals surface area contributed by atoms with Crippen LogP contribution in [-0.4, -0.2) is 4.98 Å². The van der Waals surface area contributed by atoms with E-state index in [1.165, 1.54) is 0 Å². The lowest BCUT2D eigenvalue weighted by atomic mass is 10.1. The van der Waals surface area contributed by atoms with Gasteiger partial charge in [-0.05, 0) is 42.5 Å². The molecule has 94 valence electrons. The highest BCUT2D eigenvalue weighted by atomic mass is 35.5. The van der Waals surface area contributed by atoms with Crippen LogP contribution in [0.2, 0.25) is 5.02 Å². The van der Waals surface area contributed by atoms with Crippen LogP contribution < -0.4 is 11.1 Å². The van der Waals surface area contributed by atoms with Gasteiger partial charge in [0.25, 0.3) is 0 Å². The molecule has 0 bridgehead atoms. The molecule has 0 radical (unpaired) electrons. The molecule has 1 aromatic heterocycles. The highest BCUT2D eigenvalue weighted by molar-refractivity contribution is 6.30. The molecule has 0 unspecified atom stereocenters. The monoisotopic (exact) mass is 269 g/mol. The van der Waals surface area contributed by atoms with Gasteiger partial charge in [-0.3, -0.25) is 4.98 Å². The van der Waals surface area contributed by atoms with Crippen LogP contribution in [0.25, 0.3) is 10.9 Å². The Bertz CT molecular complexity index is 740. The van der Waals surface area contributed by atoms with E-state index in [1.54, 1.807) is 6.20 Å². The van der Waals surface area contributed by atoms with Gasteiger partial charge in [0.1, 0.15) is 0 Å². The summed E-state index contributed by atoms with van der Waals surface area (Å²) in [5.74, 6) is 0. The van der Waals surface area contributed by atoms with Crippen LogP contribution in [0.5, 0.6) is 0 Å². The van der Waals surface area contributed by atoms with Gasteiger partial charge in [0, 0.05) is 33.7 Å². The molecular weight excluding hydrogens is 258 g/mol. The van der Waals surface area contributed by atoms with E-state index in [1.807, 2.05) is 48.5 Å². The molecule has 3 N–H and O–H groups in total. The van der Waals surface area contributed by atoms with Crippen molar-refractivity contribution in [2.24, 2.45) is 0 Å². The van der Waals surface area contributed by atoms with Crippen LogP contribution in [0.1, 0.15) is 0 Å². The number of nitrogens with zero attached hydrogens (tertiary/aromatic N) is 1. The first-order chi connectivity index (χ1) is 9.22. The Hall–Kier alpha value is -2.26. The van der Waals surface area contributed by atoms with Gasteiger partial charge >= 0.3 is 0 Å². The Morgan fingerprint density at radius 1 is 1.05 bits per heavy atom. The molecule has 0 aliphatic heterocycles. The third-order valence-electron chi connectivity index (χ3n) is 2.87. The number of nitrogens with one attached hydrogen (secondary N) is 1. The van der Waals surface area contributed by atoms with Crippen molar-refractivity contribution in [2.45, 2.75) is 0 Å². The van der Waals surface area contributed by atoms with E-state index >= 15 is 0 Å². The molecule has 0 aliphatic rings. The second-order valence-corrected chi connectivity index (χ2v) is 4.71. The molecule has 1 heterocycles. The van der Waals surface area contributed by atoms with Crippen molar-refractivity contribution in [3.63, 3.8) is 0 Å². The summed E-state index contributed by atoms with van der Waals surface area (Å²) in [6, 6.07) is 15.2. The Kier molecular flexibility index (Phi) is 2.97. The number of anilines is 3. The summed E-state index contributed by atoms with van der Waals surface area (Å²) in [5.41, 5.74) is 9.26. The molecule has 3 rings (SSSR count). The van der Waals surface area contributed by atoms with Crippen LogP contribution in [0.15, 0.2) is 54.7 Å². The maximum atomic E-state index is 5.98. The third-order valence-corrected chi connectivity index (χ3v) is 3.11. The largest absolute Gasteiger partial charge is 0.399 e. The van der Waals surface area contributed by atoms with Gasteiger partial charge in [-0.2, -0.15) is 0 Å². The topological polar surface area (TPSA) is 50.9 Å². The zero-order valence-electron chi connectivity index (χ0n) is 10.1. The van der Waals surface area contributed by atoms with Crippen LogP contribution >= 0.6 is 11.6 Å². The molecular formula is C15H12ClN3. The normalized spacial score (nSPS) is 10.6. The Labute approximate surface area is 116 Å². The average Bonchev–Trinajstić information content (AvgIpc) is 2.38. The van der Waals surface area contributed by atoms with Gasteiger partial charge < -0.3 is 11.1 Å². The number of rotatable bonds is 2.